The van der Waals surface area contributed by atoms with E-state index in [1.54, 1.807) is 0 Å². The summed E-state index contributed by atoms with van der Waals surface area (Å²) in [6.45, 7) is 4.78. The molecule has 0 spiro atoms. The molecule has 182 valence electrons. The number of hydrogen-bond donors (Lipinski definition) is 1. The fourth-order valence-corrected chi connectivity index (χ4v) is 4.69. The molecular formula is C27H31N5O3. The summed E-state index contributed by atoms with van der Waals surface area (Å²) in [5.74, 6) is 1.83. The summed E-state index contributed by atoms with van der Waals surface area (Å²) in [7, 11) is 0. The molecule has 2 aromatic carbocycles. The Morgan fingerprint density at radius 3 is 2.43 bits per heavy atom. The Hall–Kier alpha value is -3.65. The maximum Gasteiger partial charge on any atom is 0.320 e. The minimum absolute atomic E-state index is 0.103. The Labute approximate surface area is 205 Å². The van der Waals surface area contributed by atoms with Crippen LogP contribution in [0.3, 0.4) is 0 Å². The van der Waals surface area contributed by atoms with E-state index >= 15 is 0 Å². The number of carbonyl (C=O) groups is 1. The van der Waals surface area contributed by atoms with Crippen LogP contribution in [0, 0.1) is 0 Å². The molecule has 3 aromatic rings. The number of aromatic nitrogens is 2. The molecular weight excluding hydrogens is 442 g/mol. The summed E-state index contributed by atoms with van der Waals surface area (Å²) >= 11 is 0. The molecule has 2 aliphatic rings. The van der Waals surface area contributed by atoms with Gasteiger partial charge in [-0.3, -0.25) is 9.69 Å². The van der Waals surface area contributed by atoms with Gasteiger partial charge in [-0.2, -0.15) is 9.97 Å². The molecule has 0 aliphatic carbocycles. The van der Waals surface area contributed by atoms with E-state index in [1.807, 2.05) is 35.2 Å². The standard InChI is InChI=1S/C27H31N5O3/c28-25-24-16-22(33)19-32(18-21-8-6-7-20(15-21)17-31-11-4-5-12-31)26(24)30-27(29-25)35-14-13-34-23-9-2-1-3-10-23/h1-3,6-10,15H,4-5,11-14,16-19H2,(H2,28,29,30). The van der Waals surface area contributed by atoms with Crippen molar-refractivity contribution >= 4 is 17.4 Å². The smallest absolute Gasteiger partial charge is 0.320 e. The third-order valence-electron chi connectivity index (χ3n) is 6.33. The first kappa shape index (κ1) is 23.1. The van der Waals surface area contributed by atoms with Gasteiger partial charge in [0.25, 0.3) is 0 Å². The number of ether oxygens (including phenoxy) is 2. The third-order valence-corrected chi connectivity index (χ3v) is 6.33. The van der Waals surface area contributed by atoms with Crippen LogP contribution >= 0.6 is 0 Å². The number of para-hydroxylation sites is 1. The van der Waals surface area contributed by atoms with Crippen LogP contribution in [0.25, 0.3) is 0 Å². The Bertz CT molecular complexity index is 1160. The lowest BCUT2D eigenvalue weighted by atomic mass is 10.0. The van der Waals surface area contributed by atoms with Crippen molar-refractivity contribution in [3.8, 4) is 11.8 Å². The maximum atomic E-state index is 12.5. The molecule has 5 rings (SSSR count). The van der Waals surface area contributed by atoms with Crippen molar-refractivity contribution in [2.24, 2.45) is 0 Å². The summed E-state index contributed by atoms with van der Waals surface area (Å²) in [5, 5.41) is 0. The molecule has 2 N–H and O–H groups in total. The van der Waals surface area contributed by atoms with Crippen LogP contribution in [-0.2, 0) is 24.3 Å². The quantitative estimate of drug-likeness (QED) is 0.474. The summed E-state index contributed by atoms with van der Waals surface area (Å²) in [6.07, 6.45) is 2.79. The lowest BCUT2D eigenvalue weighted by Gasteiger charge is -2.30. The van der Waals surface area contributed by atoms with Gasteiger partial charge in [0.15, 0.2) is 5.78 Å². The number of nitrogens with zero attached hydrogens (tertiary/aromatic N) is 4. The van der Waals surface area contributed by atoms with Crippen LogP contribution in [0.4, 0.5) is 11.6 Å². The highest BCUT2D eigenvalue weighted by Gasteiger charge is 2.28. The first-order valence-electron chi connectivity index (χ1n) is 12.2. The van der Waals surface area contributed by atoms with Gasteiger partial charge in [-0.25, -0.2) is 0 Å². The van der Waals surface area contributed by atoms with Crippen LogP contribution in [0.2, 0.25) is 0 Å². The van der Waals surface area contributed by atoms with E-state index in [4.69, 9.17) is 15.2 Å². The molecule has 35 heavy (non-hydrogen) atoms. The van der Waals surface area contributed by atoms with Gasteiger partial charge < -0.3 is 20.1 Å². The first-order chi connectivity index (χ1) is 17.1. The Kier molecular flexibility index (Phi) is 7.09. The van der Waals surface area contributed by atoms with Crippen molar-refractivity contribution in [3.63, 3.8) is 0 Å². The highest BCUT2D eigenvalue weighted by atomic mass is 16.5. The average Bonchev–Trinajstić information content (AvgIpc) is 3.36. The van der Waals surface area contributed by atoms with E-state index in [0.717, 1.165) is 30.9 Å². The predicted molar refractivity (Wildman–Crippen MR) is 135 cm³/mol. The van der Waals surface area contributed by atoms with E-state index in [0.29, 0.717) is 24.5 Å². The topological polar surface area (TPSA) is 93.8 Å². The molecule has 0 atom stereocenters. The molecule has 1 saturated heterocycles. The average molecular weight is 474 g/mol. The lowest BCUT2D eigenvalue weighted by molar-refractivity contribution is -0.117. The Morgan fingerprint density at radius 2 is 1.63 bits per heavy atom. The van der Waals surface area contributed by atoms with Crippen molar-refractivity contribution in [1.29, 1.82) is 0 Å². The van der Waals surface area contributed by atoms with Crippen molar-refractivity contribution in [1.82, 2.24) is 14.9 Å². The normalized spacial score (nSPS) is 15.8. The number of rotatable bonds is 9. The summed E-state index contributed by atoms with van der Waals surface area (Å²) in [4.78, 5) is 25.9. The van der Waals surface area contributed by atoms with E-state index < -0.39 is 0 Å². The van der Waals surface area contributed by atoms with Crippen LogP contribution in [0.15, 0.2) is 54.6 Å². The number of fused-ring (bicyclic) bond motifs is 1. The Balaban J connectivity index is 1.27. The second kappa shape index (κ2) is 10.7. The molecule has 1 aromatic heterocycles. The molecule has 3 heterocycles. The van der Waals surface area contributed by atoms with Crippen LogP contribution in [0.1, 0.15) is 29.5 Å². The van der Waals surface area contributed by atoms with Gasteiger partial charge in [0.1, 0.15) is 30.6 Å². The summed E-state index contributed by atoms with van der Waals surface area (Å²) in [6, 6.07) is 18.3. The SMILES string of the molecule is Nc1nc(OCCOc2ccccc2)nc2c1CC(=O)CN2Cc1cccc(CN2CCCC2)c1. The predicted octanol–water partition coefficient (Wildman–Crippen LogP) is 3.24. The van der Waals surface area contributed by atoms with Gasteiger partial charge in [0.2, 0.25) is 0 Å². The molecule has 8 nitrogen and oxygen atoms in total. The van der Waals surface area contributed by atoms with Crippen LogP contribution in [-0.4, -0.2) is 53.5 Å². The monoisotopic (exact) mass is 473 g/mol. The number of carbonyl (C=O) groups excluding carboxylic acids is 1. The van der Waals surface area contributed by atoms with Gasteiger partial charge in [0.05, 0.1) is 6.54 Å². The number of benzene rings is 2. The van der Waals surface area contributed by atoms with Crippen molar-refractivity contribution in [3.05, 3.63) is 71.3 Å². The largest absolute Gasteiger partial charge is 0.490 e. The minimum Gasteiger partial charge on any atom is -0.490 e. The summed E-state index contributed by atoms with van der Waals surface area (Å²) < 4.78 is 11.4. The number of ketones is 1. The van der Waals surface area contributed by atoms with E-state index in [9.17, 15) is 4.79 Å². The zero-order chi connectivity index (χ0) is 24.0. The minimum atomic E-state index is 0.103. The molecule has 1 fully saturated rings. The number of nitrogen functional groups attached to an aromatic ring is 1. The second-order valence-corrected chi connectivity index (χ2v) is 9.08. The molecule has 0 amide bonds. The van der Waals surface area contributed by atoms with Gasteiger partial charge >= 0.3 is 6.01 Å². The van der Waals surface area contributed by atoms with Crippen molar-refractivity contribution in [2.75, 3.05) is 43.5 Å². The van der Waals surface area contributed by atoms with Gasteiger partial charge in [-0.1, -0.05) is 42.5 Å². The highest BCUT2D eigenvalue weighted by molar-refractivity contribution is 5.91. The molecule has 8 heteroatoms. The van der Waals surface area contributed by atoms with E-state index in [-0.39, 0.29) is 37.2 Å². The Morgan fingerprint density at radius 1 is 0.886 bits per heavy atom. The molecule has 0 saturated carbocycles. The molecule has 0 bridgehead atoms. The zero-order valence-electron chi connectivity index (χ0n) is 19.9. The van der Waals surface area contributed by atoms with E-state index in [1.165, 1.54) is 18.4 Å². The van der Waals surface area contributed by atoms with Crippen molar-refractivity contribution in [2.45, 2.75) is 32.4 Å². The van der Waals surface area contributed by atoms with E-state index in [2.05, 4.69) is 39.1 Å². The number of nitrogens with two attached hydrogens (primary N) is 1. The number of anilines is 2. The fourth-order valence-electron chi connectivity index (χ4n) is 4.69. The second-order valence-electron chi connectivity index (χ2n) is 9.08. The summed E-state index contributed by atoms with van der Waals surface area (Å²) in [5.41, 5.74) is 9.32. The van der Waals surface area contributed by atoms with Crippen LogP contribution in [0.5, 0.6) is 11.8 Å². The maximum absolute atomic E-state index is 12.5. The zero-order valence-corrected chi connectivity index (χ0v) is 19.9. The van der Waals surface area contributed by atoms with Crippen molar-refractivity contribution < 1.29 is 14.3 Å². The van der Waals surface area contributed by atoms with Gasteiger partial charge in [-0.05, 0) is 49.2 Å². The van der Waals surface area contributed by atoms with Crippen LogP contribution < -0.4 is 20.1 Å². The number of Topliss-reactive ketones (excluding diaryl/α,β-unsaturated/α-hetero) is 1. The fraction of sp³-hybridized carbons (Fsp3) is 0.370. The number of likely N-dealkylation sites (tertiary alicyclic amines) is 1. The lowest BCUT2D eigenvalue weighted by Crippen LogP contribution is -2.37. The molecule has 0 radical (unpaired) electrons. The highest BCUT2D eigenvalue weighted by Crippen LogP contribution is 2.30. The van der Waals surface area contributed by atoms with Gasteiger partial charge in [0, 0.05) is 25.1 Å². The van der Waals surface area contributed by atoms with Gasteiger partial charge in [-0.15, -0.1) is 0 Å². The molecule has 2 aliphatic heterocycles. The molecule has 0 unspecified atom stereocenters. The number of hydrogen-bond acceptors (Lipinski definition) is 8. The first-order valence-corrected chi connectivity index (χ1v) is 12.2. The third kappa shape index (κ3) is 5.89.